The Bertz CT molecular complexity index is 607. The van der Waals surface area contributed by atoms with E-state index < -0.39 is 5.92 Å². The van der Waals surface area contributed by atoms with Gasteiger partial charge in [-0.05, 0) is 31.2 Å². The number of amides is 1. The van der Waals surface area contributed by atoms with Gasteiger partial charge in [-0.25, -0.2) is 0 Å². The maximum Gasteiger partial charge on any atom is 0.310 e. The van der Waals surface area contributed by atoms with E-state index in [2.05, 4.69) is 5.32 Å². The molecule has 1 fully saturated rings. The molecule has 3 rings (SSSR count). The predicted octanol–water partition coefficient (Wildman–Crippen LogP) is 2.61. The Balaban J connectivity index is 1.53. The molecular formula is C20H25NO4. The van der Waals surface area contributed by atoms with E-state index >= 15 is 0 Å². The summed E-state index contributed by atoms with van der Waals surface area (Å²) in [5.41, 5.74) is 1.04. The molecular weight excluding hydrogens is 318 g/mol. The normalized spacial score (nSPS) is 25.5. The third-order valence-corrected chi connectivity index (χ3v) is 4.82. The van der Waals surface area contributed by atoms with E-state index in [9.17, 15) is 9.59 Å². The molecule has 5 heteroatoms. The zero-order valence-corrected chi connectivity index (χ0v) is 14.4. The molecule has 0 unspecified atom stereocenters. The van der Waals surface area contributed by atoms with Gasteiger partial charge in [-0.2, -0.15) is 0 Å². The van der Waals surface area contributed by atoms with Gasteiger partial charge in [-0.1, -0.05) is 42.5 Å². The number of hydrogen-bond acceptors (Lipinski definition) is 4. The highest BCUT2D eigenvalue weighted by molar-refractivity contribution is 5.86. The van der Waals surface area contributed by atoms with Crippen LogP contribution in [0.1, 0.15) is 31.2 Å². The summed E-state index contributed by atoms with van der Waals surface area (Å²) in [5, 5.41) is 2.95. The number of esters is 1. The highest BCUT2D eigenvalue weighted by Crippen LogP contribution is 2.27. The average Bonchev–Trinajstić information content (AvgIpc) is 3.18. The number of carbonyl (C=O) groups excluding carboxylic acids is 2. The first kappa shape index (κ1) is 17.7. The van der Waals surface area contributed by atoms with Crippen LogP contribution in [0.5, 0.6) is 0 Å². The summed E-state index contributed by atoms with van der Waals surface area (Å²) >= 11 is 0. The van der Waals surface area contributed by atoms with Crippen LogP contribution in [-0.2, 0) is 25.6 Å². The van der Waals surface area contributed by atoms with E-state index in [0.717, 1.165) is 25.0 Å². The summed E-state index contributed by atoms with van der Waals surface area (Å²) in [6, 6.07) is 9.76. The number of ether oxygens (including phenoxy) is 2. The first-order valence-electron chi connectivity index (χ1n) is 8.99. The lowest BCUT2D eigenvalue weighted by Crippen LogP contribution is -2.39. The molecule has 1 aromatic carbocycles. The number of rotatable bonds is 6. The van der Waals surface area contributed by atoms with Crippen molar-refractivity contribution < 1.29 is 19.1 Å². The minimum atomic E-state index is -0.415. The van der Waals surface area contributed by atoms with Gasteiger partial charge in [0.05, 0.1) is 17.9 Å². The van der Waals surface area contributed by atoms with Crippen molar-refractivity contribution in [3.8, 4) is 0 Å². The molecule has 1 amide bonds. The minimum absolute atomic E-state index is 0.00781. The third-order valence-electron chi connectivity index (χ3n) is 4.82. The van der Waals surface area contributed by atoms with Crippen LogP contribution < -0.4 is 5.32 Å². The number of allylic oxidation sites excluding steroid dienone is 2. The van der Waals surface area contributed by atoms with Crippen molar-refractivity contribution in [3.63, 3.8) is 0 Å². The third kappa shape index (κ3) is 4.92. The summed E-state index contributed by atoms with van der Waals surface area (Å²) in [7, 11) is 0. The van der Waals surface area contributed by atoms with Crippen molar-refractivity contribution in [3.05, 3.63) is 48.0 Å². The predicted molar refractivity (Wildman–Crippen MR) is 93.6 cm³/mol. The molecule has 1 aliphatic heterocycles. The Hall–Kier alpha value is -2.14. The molecule has 134 valence electrons. The SMILES string of the molecule is O=C(NCc1ccccc1)[C@H]1CC=CC[C@@H]1C(=O)OC[C@@H]1CCCO1. The number of carbonyl (C=O) groups is 2. The fourth-order valence-electron chi connectivity index (χ4n) is 3.34. The second kappa shape index (κ2) is 8.81. The Morgan fingerprint density at radius 3 is 2.60 bits per heavy atom. The lowest BCUT2D eigenvalue weighted by molar-refractivity contribution is -0.156. The molecule has 0 bridgehead atoms. The number of nitrogens with one attached hydrogen (secondary N) is 1. The Kier molecular flexibility index (Phi) is 6.23. The molecule has 0 saturated carbocycles. The molecule has 1 saturated heterocycles. The van der Waals surface area contributed by atoms with Crippen molar-refractivity contribution in [1.82, 2.24) is 5.32 Å². The van der Waals surface area contributed by atoms with Crippen LogP contribution in [0.2, 0.25) is 0 Å². The molecule has 0 spiro atoms. The molecule has 1 aliphatic carbocycles. The lowest BCUT2D eigenvalue weighted by atomic mass is 9.82. The van der Waals surface area contributed by atoms with E-state index in [1.807, 2.05) is 42.5 Å². The Morgan fingerprint density at radius 1 is 1.12 bits per heavy atom. The standard InChI is InChI=1S/C20H25NO4/c22-19(21-13-15-7-2-1-3-8-15)17-10-4-5-11-18(17)20(23)25-14-16-9-6-12-24-16/h1-5,7-8,16-18H,6,9-14H2,(H,21,22)/t16-,17-,18-/m0/s1. The largest absolute Gasteiger partial charge is 0.463 e. The van der Waals surface area contributed by atoms with E-state index in [1.54, 1.807) is 0 Å². The van der Waals surface area contributed by atoms with E-state index in [0.29, 0.717) is 19.4 Å². The zero-order valence-electron chi connectivity index (χ0n) is 14.4. The molecule has 1 N–H and O–H groups in total. The molecule has 1 aromatic rings. The lowest BCUT2D eigenvalue weighted by Gasteiger charge is -2.26. The topological polar surface area (TPSA) is 64.6 Å². The van der Waals surface area contributed by atoms with Gasteiger partial charge in [0.15, 0.2) is 0 Å². The summed E-state index contributed by atoms with van der Waals surface area (Å²) in [6.07, 6.45) is 7.00. The quantitative estimate of drug-likeness (QED) is 0.637. The summed E-state index contributed by atoms with van der Waals surface area (Å²) in [6.45, 7) is 1.49. The van der Waals surface area contributed by atoms with Crippen molar-refractivity contribution in [2.45, 2.75) is 38.3 Å². The summed E-state index contributed by atoms with van der Waals surface area (Å²) in [4.78, 5) is 25.0. The molecule has 3 atom stereocenters. The van der Waals surface area contributed by atoms with Crippen LogP contribution in [0, 0.1) is 11.8 Å². The van der Waals surface area contributed by atoms with Crippen molar-refractivity contribution >= 4 is 11.9 Å². The summed E-state index contributed by atoms with van der Waals surface area (Å²) in [5.74, 6) is -1.17. The van der Waals surface area contributed by atoms with Crippen molar-refractivity contribution in [2.24, 2.45) is 11.8 Å². The van der Waals surface area contributed by atoms with Crippen LogP contribution >= 0.6 is 0 Å². The molecule has 0 radical (unpaired) electrons. The van der Waals surface area contributed by atoms with Crippen LogP contribution in [0.3, 0.4) is 0 Å². The van der Waals surface area contributed by atoms with Crippen molar-refractivity contribution in [1.29, 1.82) is 0 Å². The van der Waals surface area contributed by atoms with Gasteiger partial charge in [-0.15, -0.1) is 0 Å². The van der Waals surface area contributed by atoms with E-state index in [4.69, 9.17) is 9.47 Å². The number of benzene rings is 1. The summed E-state index contributed by atoms with van der Waals surface area (Å²) < 4.78 is 10.9. The highest BCUT2D eigenvalue weighted by Gasteiger charge is 2.35. The van der Waals surface area contributed by atoms with Gasteiger partial charge < -0.3 is 14.8 Å². The first-order chi connectivity index (χ1) is 12.2. The Morgan fingerprint density at radius 2 is 1.88 bits per heavy atom. The van der Waals surface area contributed by atoms with Crippen LogP contribution in [-0.4, -0.2) is 31.2 Å². The maximum atomic E-state index is 12.6. The van der Waals surface area contributed by atoms with Crippen LogP contribution in [0.15, 0.2) is 42.5 Å². The maximum absolute atomic E-state index is 12.6. The smallest absolute Gasteiger partial charge is 0.310 e. The monoisotopic (exact) mass is 343 g/mol. The van der Waals surface area contributed by atoms with E-state index in [-0.39, 0.29) is 30.5 Å². The molecule has 25 heavy (non-hydrogen) atoms. The van der Waals surface area contributed by atoms with Gasteiger partial charge in [0.25, 0.3) is 0 Å². The molecule has 1 heterocycles. The van der Waals surface area contributed by atoms with Crippen LogP contribution in [0.4, 0.5) is 0 Å². The molecule has 2 aliphatic rings. The molecule has 5 nitrogen and oxygen atoms in total. The van der Waals surface area contributed by atoms with E-state index in [1.165, 1.54) is 0 Å². The zero-order chi connectivity index (χ0) is 17.5. The highest BCUT2D eigenvalue weighted by atomic mass is 16.6. The first-order valence-corrected chi connectivity index (χ1v) is 8.99. The fourth-order valence-corrected chi connectivity index (χ4v) is 3.34. The second-order valence-electron chi connectivity index (χ2n) is 6.62. The molecule has 0 aromatic heterocycles. The minimum Gasteiger partial charge on any atom is -0.463 e. The van der Waals surface area contributed by atoms with Gasteiger partial charge in [0.2, 0.25) is 5.91 Å². The average molecular weight is 343 g/mol. The second-order valence-corrected chi connectivity index (χ2v) is 6.62. The van der Waals surface area contributed by atoms with Gasteiger partial charge in [0.1, 0.15) is 6.61 Å². The van der Waals surface area contributed by atoms with Crippen molar-refractivity contribution in [2.75, 3.05) is 13.2 Å². The Labute approximate surface area is 148 Å². The van der Waals surface area contributed by atoms with Gasteiger partial charge >= 0.3 is 5.97 Å². The van der Waals surface area contributed by atoms with Crippen LogP contribution in [0.25, 0.3) is 0 Å². The van der Waals surface area contributed by atoms with Gasteiger partial charge in [-0.3, -0.25) is 9.59 Å². The van der Waals surface area contributed by atoms with Gasteiger partial charge in [0, 0.05) is 13.2 Å². The fraction of sp³-hybridized carbons (Fsp3) is 0.500. The number of hydrogen-bond donors (Lipinski definition) is 1.